The van der Waals surface area contributed by atoms with Crippen LogP contribution in [0.4, 0.5) is 5.69 Å². The minimum absolute atomic E-state index is 0.0545. The van der Waals surface area contributed by atoms with Crippen molar-refractivity contribution in [2.24, 2.45) is 5.10 Å². The van der Waals surface area contributed by atoms with Gasteiger partial charge in [-0.1, -0.05) is 44.4 Å². The Bertz CT molecular complexity index is 623. The van der Waals surface area contributed by atoms with E-state index in [1.165, 1.54) is 12.8 Å². The summed E-state index contributed by atoms with van der Waals surface area (Å²) < 4.78 is 10.8. The number of amides is 1. The number of rotatable bonds is 10. The first-order valence-corrected chi connectivity index (χ1v) is 9.37. The normalized spacial score (nSPS) is 15.6. The van der Waals surface area contributed by atoms with Gasteiger partial charge in [0.25, 0.3) is 5.91 Å². The molecule has 0 saturated carbocycles. The summed E-state index contributed by atoms with van der Waals surface area (Å²) in [5.74, 6) is -0.0545. The fraction of sp³-hybridized carbons (Fsp3) is 0.600. The molecule has 1 N–H and O–H groups in total. The Balaban J connectivity index is 1.92. The van der Waals surface area contributed by atoms with Gasteiger partial charge in [0.05, 0.1) is 11.3 Å². The molecule has 1 aromatic rings. The molecule has 6 nitrogen and oxygen atoms in total. The van der Waals surface area contributed by atoms with Crippen LogP contribution in [-0.4, -0.2) is 37.3 Å². The highest BCUT2D eigenvalue weighted by molar-refractivity contribution is 6.54. The van der Waals surface area contributed by atoms with Crippen LogP contribution in [0, 0.1) is 0 Å². The van der Waals surface area contributed by atoms with E-state index in [4.69, 9.17) is 9.47 Å². The molecule has 144 valence electrons. The molecule has 0 unspecified atom stereocenters. The van der Waals surface area contributed by atoms with E-state index >= 15 is 0 Å². The predicted molar refractivity (Wildman–Crippen MR) is 104 cm³/mol. The van der Waals surface area contributed by atoms with Gasteiger partial charge in [-0.25, -0.2) is 0 Å². The average molecular weight is 361 g/mol. The van der Waals surface area contributed by atoms with Crippen LogP contribution >= 0.6 is 0 Å². The molecule has 1 heterocycles. The van der Waals surface area contributed by atoms with Crippen molar-refractivity contribution in [2.45, 2.75) is 59.0 Å². The monoisotopic (exact) mass is 361 g/mol. The number of nitrogens with one attached hydrogen (secondary N) is 1. The molecule has 0 atom stereocenters. The molecule has 1 aliphatic rings. The molecule has 2 rings (SSSR count). The zero-order valence-corrected chi connectivity index (χ0v) is 16.4. The summed E-state index contributed by atoms with van der Waals surface area (Å²) in [5, 5.41) is 4.27. The van der Waals surface area contributed by atoms with Crippen molar-refractivity contribution < 1.29 is 14.3 Å². The van der Waals surface area contributed by atoms with Crippen molar-refractivity contribution in [3.05, 3.63) is 29.8 Å². The van der Waals surface area contributed by atoms with Crippen molar-refractivity contribution in [1.29, 1.82) is 0 Å². The molecule has 0 spiro atoms. The van der Waals surface area contributed by atoms with Crippen LogP contribution in [0.5, 0.6) is 0 Å². The van der Waals surface area contributed by atoms with E-state index in [1.54, 1.807) is 0 Å². The minimum Gasteiger partial charge on any atom is -0.350 e. The fourth-order valence-corrected chi connectivity index (χ4v) is 2.71. The molecule has 6 heteroatoms. The smallest absolute Gasteiger partial charge is 0.279 e. The van der Waals surface area contributed by atoms with E-state index in [-0.39, 0.29) is 25.0 Å². The molecule has 0 fully saturated rings. The summed E-state index contributed by atoms with van der Waals surface area (Å²) in [6.07, 6.45) is 4.51. The zero-order valence-electron chi connectivity index (χ0n) is 16.4. The van der Waals surface area contributed by atoms with Crippen molar-refractivity contribution in [3.8, 4) is 0 Å². The summed E-state index contributed by atoms with van der Waals surface area (Å²) in [6.45, 7) is 9.17. The standard InChI is InChI=1S/C20H31N3O3/c1-5-6-7-10-13-23-17-12-9-8-11-16(17)18(19(23)24)22-21-14-25-15-26-20(2,3)4/h8-9,11-12,21H,5-7,10,13-15H2,1-4H3/b22-18-. The molecule has 1 aliphatic heterocycles. The van der Waals surface area contributed by atoms with Gasteiger partial charge in [-0.3, -0.25) is 10.2 Å². The Morgan fingerprint density at radius 2 is 1.92 bits per heavy atom. The number of fused-ring (bicyclic) bond motifs is 1. The lowest BCUT2D eigenvalue weighted by atomic mass is 10.1. The van der Waals surface area contributed by atoms with Crippen LogP contribution in [0.25, 0.3) is 0 Å². The molecule has 0 radical (unpaired) electrons. The molecule has 0 bridgehead atoms. The van der Waals surface area contributed by atoms with E-state index in [0.717, 1.165) is 30.6 Å². The first-order chi connectivity index (χ1) is 12.4. The van der Waals surface area contributed by atoms with Crippen LogP contribution in [-0.2, 0) is 14.3 Å². The molecule has 0 aromatic heterocycles. The van der Waals surface area contributed by atoms with Crippen LogP contribution in [0.2, 0.25) is 0 Å². The Morgan fingerprint density at radius 1 is 1.15 bits per heavy atom. The third-order valence-corrected chi connectivity index (χ3v) is 4.07. The molecule has 1 amide bonds. The third-order valence-electron chi connectivity index (χ3n) is 4.07. The minimum atomic E-state index is -0.246. The van der Waals surface area contributed by atoms with E-state index in [1.807, 2.05) is 49.9 Å². The first-order valence-electron chi connectivity index (χ1n) is 9.37. The number of para-hydroxylation sites is 1. The third kappa shape index (κ3) is 5.81. The van der Waals surface area contributed by atoms with Gasteiger partial charge in [-0.05, 0) is 33.3 Å². The van der Waals surface area contributed by atoms with Gasteiger partial charge < -0.3 is 14.4 Å². The first kappa shape index (κ1) is 20.4. The van der Waals surface area contributed by atoms with E-state index in [9.17, 15) is 4.79 Å². The number of benzene rings is 1. The molecule has 0 saturated heterocycles. The van der Waals surface area contributed by atoms with E-state index in [2.05, 4.69) is 17.5 Å². The molecule has 26 heavy (non-hydrogen) atoms. The van der Waals surface area contributed by atoms with E-state index in [0.29, 0.717) is 5.71 Å². The van der Waals surface area contributed by atoms with Gasteiger partial charge in [-0.15, -0.1) is 0 Å². The van der Waals surface area contributed by atoms with Crippen LogP contribution in [0.15, 0.2) is 29.4 Å². The van der Waals surface area contributed by atoms with Gasteiger partial charge in [0.2, 0.25) is 0 Å². The Kier molecular flexibility index (Phi) is 7.60. The highest BCUT2D eigenvalue weighted by atomic mass is 16.7. The van der Waals surface area contributed by atoms with Gasteiger partial charge in [-0.2, -0.15) is 5.10 Å². The molecule has 1 aromatic carbocycles. The van der Waals surface area contributed by atoms with E-state index < -0.39 is 0 Å². The Labute approximate surface area is 156 Å². The lowest BCUT2D eigenvalue weighted by molar-refractivity contribution is -0.123. The summed E-state index contributed by atoms with van der Waals surface area (Å²) in [5.41, 5.74) is 4.82. The summed E-state index contributed by atoms with van der Waals surface area (Å²) in [7, 11) is 0. The number of nitrogens with zero attached hydrogens (tertiary/aromatic N) is 2. The largest absolute Gasteiger partial charge is 0.350 e. The topological polar surface area (TPSA) is 63.2 Å². The number of carbonyl (C=O) groups is 1. The maximum Gasteiger partial charge on any atom is 0.279 e. The van der Waals surface area contributed by atoms with Crippen LogP contribution in [0.3, 0.4) is 0 Å². The highest BCUT2D eigenvalue weighted by Crippen LogP contribution is 2.29. The van der Waals surface area contributed by atoms with Gasteiger partial charge in [0.15, 0.2) is 5.71 Å². The number of hydrogen-bond acceptors (Lipinski definition) is 5. The van der Waals surface area contributed by atoms with Gasteiger partial charge >= 0.3 is 0 Å². The predicted octanol–water partition coefficient (Wildman–Crippen LogP) is 3.65. The number of ether oxygens (including phenoxy) is 2. The number of anilines is 1. The Morgan fingerprint density at radius 3 is 2.65 bits per heavy atom. The lowest BCUT2D eigenvalue weighted by Crippen LogP contribution is -2.32. The zero-order chi connectivity index (χ0) is 19.0. The van der Waals surface area contributed by atoms with Gasteiger partial charge in [0, 0.05) is 12.1 Å². The maximum absolute atomic E-state index is 12.8. The quantitative estimate of drug-likeness (QED) is 0.392. The second-order valence-electron chi connectivity index (χ2n) is 7.38. The summed E-state index contributed by atoms with van der Waals surface area (Å²) in [6, 6.07) is 7.79. The number of unbranched alkanes of at least 4 members (excludes halogenated alkanes) is 3. The van der Waals surface area contributed by atoms with Gasteiger partial charge in [0.1, 0.15) is 13.5 Å². The second kappa shape index (κ2) is 9.69. The maximum atomic E-state index is 12.8. The van der Waals surface area contributed by atoms with Crippen molar-refractivity contribution in [1.82, 2.24) is 5.43 Å². The van der Waals surface area contributed by atoms with Crippen molar-refractivity contribution >= 4 is 17.3 Å². The Hall–Kier alpha value is -1.92. The lowest BCUT2D eigenvalue weighted by Gasteiger charge is -2.19. The fourth-order valence-electron chi connectivity index (χ4n) is 2.71. The number of carbonyl (C=O) groups excluding carboxylic acids is 1. The SMILES string of the molecule is CCCCCCN1C(=O)/C(=N\NCOCOC(C)(C)C)c2ccccc21. The summed E-state index contributed by atoms with van der Waals surface area (Å²) in [4.78, 5) is 14.6. The molecular formula is C20H31N3O3. The molecular weight excluding hydrogens is 330 g/mol. The number of hydrazone groups is 1. The van der Waals surface area contributed by atoms with Crippen LogP contribution in [0.1, 0.15) is 58.9 Å². The molecule has 0 aliphatic carbocycles. The second-order valence-corrected chi connectivity index (χ2v) is 7.38. The highest BCUT2D eigenvalue weighted by Gasteiger charge is 2.33. The summed E-state index contributed by atoms with van der Waals surface area (Å²) >= 11 is 0. The number of hydrogen-bond donors (Lipinski definition) is 1. The van der Waals surface area contributed by atoms with Crippen molar-refractivity contribution in [3.63, 3.8) is 0 Å². The van der Waals surface area contributed by atoms with Crippen molar-refractivity contribution in [2.75, 3.05) is 25.0 Å². The van der Waals surface area contributed by atoms with Crippen LogP contribution < -0.4 is 10.3 Å². The average Bonchev–Trinajstić information content (AvgIpc) is 2.86.